The smallest absolute Gasteiger partial charge is 0.319 e. The van der Waals surface area contributed by atoms with E-state index in [-0.39, 0.29) is 24.3 Å². The Hall–Kier alpha value is 0.300. The van der Waals surface area contributed by atoms with Gasteiger partial charge in [-0.05, 0) is 13.3 Å². The molecule has 0 aromatic carbocycles. The van der Waals surface area contributed by atoms with Gasteiger partial charge < -0.3 is 4.74 Å². The largest absolute Gasteiger partial charge is 0.465 e. The predicted molar refractivity (Wildman–Crippen MR) is 50.0 cm³/mol. The van der Waals surface area contributed by atoms with Crippen molar-refractivity contribution in [3.05, 3.63) is 0 Å². The molecular weight excluding hydrogens is 216 g/mol. The van der Waals surface area contributed by atoms with Crippen LogP contribution in [0.1, 0.15) is 20.3 Å². The molecule has 2 nitrogen and oxygen atoms in total. The van der Waals surface area contributed by atoms with E-state index in [9.17, 15) is 4.79 Å². The number of halogens is 1. The third-order valence-corrected chi connectivity index (χ3v) is 1.92. The van der Waals surface area contributed by atoms with Crippen LogP contribution in [0.15, 0.2) is 0 Å². The molecule has 0 N–H and O–H groups in total. The number of hydrogen-bond acceptors (Lipinski definition) is 2. The average Bonchev–Trinajstić information content (AvgIpc) is 1.87. The highest BCUT2D eigenvalue weighted by atomic mass is 79.9. The van der Waals surface area contributed by atoms with Crippen molar-refractivity contribution in [3.63, 3.8) is 0 Å². The van der Waals surface area contributed by atoms with Crippen LogP contribution in [-0.4, -0.2) is 17.4 Å². The summed E-state index contributed by atoms with van der Waals surface area (Å²) in [5.41, 5.74) is 0. The number of rotatable bonds is 3. The van der Waals surface area contributed by atoms with E-state index in [0.29, 0.717) is 6.61 Å². The number of carbonyl (C=O) groups excluding carboxylic acids is 1. The molecule has 4 heteroatoms. The maximum Gasteiger partial charge on any atom is 0.319 e. The van der Waals surface area contributed by atoms with Crippen LogP contribution < -0.4 is 0 Å². The maximum atomic E-state index is 10.7. The summed E-state index contributed by atoms with van der Waals surface area (Å²) >= 11 is 3.17. The van der Waals surface area contributed by atoms with Crippen LogP contribution in [0.2, 0.25) is 0 Å². The molecule has 0 aromatic rings. The Morgan fingerprint density at radius 2 is 2.10 bits per heavy atom. The normalized spacial score (nSPS) is 11.5. The molecule has 0 rings (SSSR count). The van der Waals surface area contributed by atoms with E-state index in [1.54, 1.807) is 6.92 Å². The Bertz CT molecular complexity index is 97.7. The fourth-order valence-corrected chi connectivity index (χ4v) is 0.532. The Morgan fingerprint density at radius 3 is 2.40 bits per heavy atom. The van der Waals surface area contributed by atoms with Gasteiger partial charge in [-0.2, -0.15) is 13.5 Å². The zero-order valence-electron chi connectivity index (χ0n) is 6.19. The molecule has 0 fully saturated rings. The van der Waals surface area contributed by atoms with Gasteiger partial charge in [0.15, 0.2) is 0 Å². The molecular formula is C6H13BrO2S. The molecule has 62 valence electrons. The first-order valence-corrected chi connectivity index (χ1v) is 3.94. The zero-order chi connectivity index (χ0) is 7.28. The molecule has 0 aliphatic carbocycles. The molecule has 1 atom stereocenters. The highest BCUT2D eigenvalue weighted by molar-refractivity contribution is 9.10. The zero-order valence-corrected chi connectivity index (χ0v) is 8.77. The Kier molecular flexibility index (Phi) is 9.58. The lowest BCUT2D eigenvalue weighted by Gasteiger charge is -2.04. The first-order valence-electron chi connectivity index (χ1n) is 3.03. The molecule has 10 heavy (non-hydrogen) atoms. The summed E-state index contributed by atoms with van der Waals surface area (Å²) in [6, 6.07) is 0. The second-order valence-electron chi connectivity index (χ2n) is 1.63. The van der Waals surface area contributed by atoms with Gasteiger partial charge in [-0.15, -0.1) is 0 Å². The fourth-order valence-electron chi connectivity index (χ4n) is 0.399. The minimum Gasteiger partial charge on any atom is -0.465 e. The van der Waals surface area contributed by atoms with Gasteiger partial charge in [0.2, 0.25) is 0 Å². The van der Waals surface area contributed by atoms with Crippen LogP contribution in [0.5, 0.6) is 0 Å². The third kappa shape index (κ3) is 5.11. The Labute approximate surface area is 76.9 Å². The number of hydrogen-bond donors (Lipinski definition) is 0. The van der Waals surface area contributed by atoms with Gasteiger partial charge in [0.05, 0.1) is 6.61 Å². The van der Waals surface area contributed by atoms with Gasteiger partial charge >= 0.3 is 5.97 Å². The van der Waals surface area contributed by atoms with Crippen LogP contribution in [0.25, 0.3) is 0 Å². The van der Waals surface area contributed by atoms with Gasteiger partial charge in [0.1, 0.15) is 4.83 Å². The summed E-state index contributed by atoms with van der Waals surface area (Å²) in [4.78, 5) is 10.6. The van der Waals surface area contributed by atoms with Crippen molar-refractivity contribution >= 4 is 35.4 Å². The van der Waals surface area contributed by atoms with Gasteiger partial charge in [-0.25, -0.2) is 0 Å². The molecule has 0 bridgehead atoms. The molecule has 0 unspecified atom stereocenters. The van der Waals surface area contributed by atoms with E-state index in [1.165, 1.54) is 0 Å². The van der Waals surface area contributed by atoms with E-state index in [2.05, 4.69) is 15.9 Å². The van der Waals surface area contributed by atoms with E-state index in [4.69, 9.17) is 4.74 Å². The molecule has 0 saturated carbocycles. The number of carbonyl (C=O) groups is 1. The van der Waals surface area contributed by atoms with Crippen LogP contribution >= 0.6 is 29.4 Å². The molecule has 0 aromatic heterocycles. The Balaban J connectivity index is 0. The summed E-state index contributed by atoms with van der Waals surface area (Å²) in [7, 11) is 0. The molecule has 0 spiro atoms. The van der Waals surface area contributed by atoms with E-state index >= 15 is 0 Å². The van der Waals surface area contributed by atoms with Crippen molar-refractivity contribution in [1.29, 1.82) is 0 Å². The quantitative estimate of drug-likeness (QED) is 0.545. The fraction of sp³-hybridized carbons (Fsp3) is 0.833. The predicted octanol–water partition coefficient (Wildman–Crippen LogP) is 1.84. The topological polar surface area (TPSA) is 26.3 Å². The van der Waals surface area contributed by atoms with E-state index in [0.717, 1.165) is 6.42 Å². The minimum absolute atomic E-state index is 0. The molecule has 0 radical (unpaired) electrons. The second-order valence-corrected chi connectivity index (χ2v) is 2.73. The van der Waals surface area contributed by atoms with Crippen molar-refractivity contribution in [1.82, 2.24) is 0 Å². The second kappa shape index (κ2) is 7.41. The Morgan fingerprint density at radius 1 is 1.60 bits per heavy atom. The molecule has 0 amide bonds. The molecule has 0 aliphatic heterocycles. The minimum atomic E-state index is -0.167. The van der Waals surface area contributed by atoms with Crippen molar-refractivity contribution in [2.24, 2.45) is 0 Å². The lowest BCUT2D eigenvalue weighted by molar-refractivity contribution is -0.142. The average molecular weight is 229 g/mol. The van der Waals surface area contributed by atoms with E-state index < -0.39 is 0 Å². The van der Waals surface area contributed by atoms with Gasteiger partial charge in [-0.3, -0.25) is 4.79 Å². The van der Waals surface area contributed by atoms with Crippen molar-refractivity contribution in [2.75, 3.05) is 6.61 Å². The number of alkyl halides is 1. The van der Waals surface area contributed by atoms with Crippen LogP contribution in [0, 0.1) is 0 Å². The van der Waals surface area contributed by atoms with Gasteiger partial charge in [-0.1, -0.05) is 22.9 Å². The van der Waals surface area contributed by atoms with E-state index in [1.807, 2.05) is 6.92 Å². The van der Waals surface area contributed by atoms with Crippen molar-refractivity contribution in [2.45, 2.75) is 25.1 Å². The van der Waals surface area contributed by atoms with Gasteiger partial charge in [0.25, 0.3) is 0 Å². The molecule has 0 aliphatic rings. The van der Waals surface area contributed by atoms with Crippen LogP contribution in [0.3, 0.4) is 0 Å². The third-order valence-electron chi connectivity index (χ3n) is 0.901. The highest BCUT2D eigenvalue weighted by Gasteiger charge is 2.11. The van der Waals surface area contributed by atoms with Crippen LogP contribution in [-0.2, 0) is 9.53 Å². The first kappa shape index (κ1) is 12.9. The standard InChI is InChI=1S/C6H11BrO2.H2S/c1-3-5(7)6(8)9-4-2;/h5H,3-4H2,1-2H3;1H2/t5-;/m1./s1. The lowest BCUT2D eigenvalue weighted by atomic mass is 10.3. The van der Waals surface area contributed by atoms with Crippen molar-refractivity contribution in [3.8, 4) is 0 Å². The maximum absolute atomic E-state index is 10.7. The summed E-state index contributed by atoms with van der Waals surface area (Å²) in [5, 5.41) is 0. The highest BCUT2D eigenvalue weighted by Crippen LogP contribution is 2.05. The molecule has 0 saturated heterocycles. The SMILES string of the molecule is CCOC(=O)[C@H](Br)CC.S. The van der Waals surface area contributed by atoms with Crippen molar-refractivity contribution < 1.29 is 9.53 Å². The summed E-state index contributed by atoms with van der Waals surface area (Å²) in [6.07, 6.45) is 0.777. The number of ether oxygens (including phenoxy) is 1. The summed E-state index contributed by atoms with van der Waals surface area (Å²) < 4.78 is 4.71. The lowest BCUT2D eigenvalue weighted by Crippen LogP contribution is -2.15. The summed E-state index contributed by atoms with van der Waals surface area (Å²) in [5.74, 6) is -0.167. The van der Waals surface area contributed by atoms with Crippen LogP contribution in [0.4, 0.5) is 0 Å². The molecule has 0 heterocycles. The van der Waals surface area contributed by atoms with Gasteiger partial charge in [0, 0.05) is 0 Å². The first-order chi connectivity index (χ1) is 4.22. The number of esters is 1. The monoisotopic (exact) mass is 228 g/mol. The summed E-state index contributed by atoms with van der Waals surface area (Å²) in [6.45, 7) is 4.19.